The lowest BCUT2D eigenvalue weighted by Crippen LogP contribution is -2.07. The topological polar surface area (TPSA) is 60.8 Å². The smallest absolute Gasteiger partial charge is 0.454 e. The van der Waals surface area contributed by atoms with Crippen LogP contribution in [0.2, 0.25) is 6.32 Å². The molecule has 2 heterocycles. The molecule has 0 saturated carbocycles. The summed E-state index contributed by atoms with van der Waals surface area (Å²) in [7, 11) is 0.737. The minimum Gasteiger partial charge on any atom is -0.493 e. The van der Waals surface area contributed by atoms with Gasteiger partial charge in [0.25, 0.3) is 0 Å². The minimum absolute atomic E-state index is 0.0552. The second-order valence-electron chi connectivity index (χ2n) is 6.03. The Hall–Kier alpha value is -2.12. The van der Waals surface area contributed by atoms with Gasteiger partial charge in [0.2, 0.25) is 0 Å². The predicted molar refractivity (Wildman–Crippen MR) is 93.4 cm³/mol. The molecule has 3 rings (SSSR count). The summed E-state index contributed by atoms with van der Waals surface area (Å²) in [5, 5.41) is 9.53. The van der Waals surface area contributed by atoms with Crippen molar-refractivity contribution in [1.29, 1.82) is 0 Å². The first-order valence-electron chi connectivity index (χ1n) is 8.38. The molecule has 1 atom stereocenters. The summed E-state index contributed by atoms with van der Waals surface area (Å²) < 4.78 is 30.9. The normalized spacial score (nSPS) is 17.0. The molecule has 25 heavy (non-hydrogen) atoms. The first kappa shape index (κ1) is 17.7. The molecule has 1 N–H and O–H groups in total. The highest BCUT2D eigenvalue weighted by Crippen LogP contribution is 2.38. The number of halogens is 1. The molecule has 1 fully saturated rings. The van der Waals surface area contributed by atoms with Gasteiger partial charge >= 0.3 is 7.12 Å². The molecule has 0 bridgehead atoms. The zero-order valence-electron chi connectivity index (χ0n) is 14.4. The SMILES string of the molecule is CCCOc1c(OC)ccc(-c2cncc([C@H]3COB(O)C3)c2)c1F. The van der Waals surface area contributed by atoms with Crippen molar-refractivity contribution in [3.8, 4) is 22.6 Å². The summed E-state index contributed by atoms with van der Waals surface area (Å²) >= 11 is 0. The van der Waals surface area contributed by atoms with Crippen molar-refractivity contribution in [2.75, 3.05) is 20.3 Å². The summed E-state index contributed by atoms with van der Waals surface area (Å²) in [6, 6.07) is 5.24. The Morgan fingerprint density at radius 2 is 2.24 bits per heavy atom. The Balaban J connectivity index is 1.96. The molecule has 0 unspecified atom stereocenters. The van der Waals surface area contributed by atoms with E-state index in [9.17, 15) is 5.02 Å². The van der Waals surface area contributed by atoms with Crippen LogP contribution < -0.4 is 9.47 Å². The minimum atomic E-state index is -0.750. The van der Waals surface area contributed by atoms with Gasteiger partial charge < -0.3 is 19.2 Å². The number of benzene rings is 1. The molecule has 0 spiro atoms. The number of methoxy groups -OCH3 is 1. The third-order valence-corrected chi connectivity index (χ3v) is 4.25. The van der Waals surface area contributed by atoms with Gasteiger partial charge in [-0.05, 0) is 36.5 Å². The third kappa shape index (κ3) is 3.77. The Bertz CT molecular complexity index is 743. The summed E-state index contributed by atoms with van der Waals surface area (Å²) in [6.07, 6.45) is 4.63. The molecular weight excluding hydrogens is 324 g/mol. The van der Waals surface area contributed by atoms with Crippen LogP contribution in [0.1, 0.15) is 24.8 Å². The molecule has 0 radical (unpaired) electrons. The molecule has 7 heteroatoms. The van der Waals surface area contributed by atoms with Gasteiger partial charge in [-0.2, -0.15) is 0 Å². The van der Waals surface area contributed by atoms with Crippen LogP contribution in [0.25, 0.3) is 11.1 Å². The maximum atomic E-state index is 15.0. The fourth-order valence-corrected chi connectivity index (χ4v) is 2.93. The van der Waals surface area contributed by atoms with E-state index in [4.69, 9.17) is 14.1 Å². The first-order valence-corrected chi connectivity index (χ1v) is 8.38. The van der Waals surface area contributed by atoms with E-state index >= 15 is 4.39 Å². The monoisotopic (exact) mass is 345 g/mol. The lowest BCUT2D eigenvalue weighted by molar-refractivity contribution is 0.280. The fraction of sp³-hybridized carbons (Fsp3) is 0.389. The number of hydrogen-bond acceptors (Lipinski definition) is 5. The number of aromatic nitrogens is 1. The summed E-state index contributed by atoms with van der Waals surface area (Å²) in [5.74, 6) is 0.0760. The van der Waals surface area contributed by atoms with Crippen molar-refractivity contribution < 1.29 is 23.5 Å². The van der Waals surface area contributed by atoms with Crippen LogP contribution in [-0.4, -0.2) is 37.4 Å². The average molecular weight is 345 g/mol. The van der Waals surface area contributed by atoms with Crippen LogP contribution >= 0.6 is 0 Å². The number of hydrogen-bond donors (Lipinski definition) is 1. The van der Waals surface area contributed by atoms with Crippen LogP contribution in [0.15, 0.2) is 30.6 Å². The summed E-state index contributed by atoms with van der Waals surface area (Å²) in [4.78, 5) is 4.23. The highest BCUT2D eigenvalue weighted by molar-refractivity contribution is 6.43. The van der Waals surface area contributed by atoms with Crippen molar-refractivity contribution in [3.05, 3.63) is 42.0 Å². The van der Waals surface area contributed by atoms with Crippen LogP contribution in [0.5, 0.6) is 11.5 Å². The molecule has 5 nitrogen and oxygen atoms in total. The second-order valence-corrected chi connectivity index (χ2v) is 6.03. The molecule has 0 aliphatic carbocycles. The lowest BCUT2D eigenvalue weighted by Gasteiger charge is -2.15. The van der Waals surface area contributed by atoms with Crippen LogP contribution in [0.4, 0.5) is 4.39 Å². The molecule has 1 aromatic heterocycles. The van der Waals surface area contributed by atoms with E-state index in [-0.39, 0.29) is 11.7 Å². The maximum Gasteiger partial charge on any atom is 0.454 e. The van der Waals surface area contributed by atoms with Crippen LogP contribution in [-0.2, 0) is 4.65 Å². The van der Waals surface area contributed by atoms with E-state index in [2.05, 4.69) is 4.98 Å². The second kappa shape index (κ2) is 7.84. The molecule has 2 aromatic rings. The molecular formula is C18H21BFNO4. The van der Waals surface area contributed by atoms with Crippen molar-refractivity contribution in [2.24, 2.45) is 0 Å². The average Bonchev–Trinajstić information content (AvgIpc) is 3.07. The highest BCUT2D eigenvalue weighted by Gasteiger charge is 2.30. The summed E-state index contributed by atoms with van der Waals surface area (Å²) in [6.45, 7) is 2.80. The fourth-order valence-electron chi connectivity index (χ4n) is 2.93. The van der Waals surface area contributed by atoms with E-state index in [1.165, 1.54) is 7.11 Å². The van der Waals surface area contributed by atoms with Gasteiger partial charge in [0, 0.05) is 36.0 Å². The molecule has 0 amide bonds. The van der Waals surface area contributed by atoms with Crippen LogP contribution in [0, 0.1) is 5.82 Å². The molecule has 1 aromatic carbocycles. The van der Waals surface area contributed by atoms with Crippen molar-refractivity contribution in [2.45, 2.75) is 25.6 Å². The number of pyridine rings is 1. The zero-order valence-corrected chi connectivity index (χ0v) is 14.4. The lowest BCUT2D eigenvalue weighted by atomic mass is 9.80. The maximum absolute atomic E-state index is 15.0. The van der Waals surface area contributed by atoms with Gasteiger partial charge in [-0.25, -0.2) is 4.39 Å². The molecule has 132 valence electrons. The van der Waals surface area contributed by atoms with Crippen LogP contribution in [0.3, 0.4) is 0 Å². The van der Waals surface area contributed by atoms with E-state index in [1.807, 2.05) is 13.0 Å². The van der Waals surface area contributed by atoms with Gasteiger partial charge in [0.05, 0.1) is 13.7 Å². The zero-order chi connectivity index (χ0) is 17.8. The Morgan fingerprint density at radius 3 is 2.92 bits per heavy atom. The van der Waals surface area contributed by atoms with E-state index in [0.29, 0.717) is 36.4 Å². The van der Waals surface area contributed by atoms with E-state index < -0.39 is 12.9 Å². The van der Waals surface area contributed by atoms with Gasteiger partial charge in [-0.3, -0.25) is 4.98 Å². The van der Waals surface area contributed by atoms with Crippen molar-refractivity contribution >= 4 is 7.12 Å². The Labute approximate surface area is 146 Å². The largest absolute Gasteiger partial charge is 0.493 e. The van der Waals surface area contributed by atoms with E-state index in [1.54, 1.807) is 24.5 Å². The van der Waals surface area contributed by atoms with Crippen molar-refractivity contribution in [1.82, 2.24) is 4.98 Å². The number of ether oxygens (including phenoxy) is 2. The molecule has 1 aliphatic heterocycles. The highest BCUT2D eigenvalue weighted by atomic mass is 19.1. The summed E-state index contributed by atoms with van der Waals surface area (Å²) in [5.41, 5.74) is 1.97. The van der Waals surface area contributed by atoms with Gasteiger partial charge in [0.15, 0.2) is 17.3 Å². The standard InChI is InChI=1S/C18H21BFNO4/c1-3-6-24-18-16(23-2)5-4-15(17(18)20)13-7-12(9-21-10-13)14-8-19(22)25-11-14/h4-5,7,9-10,14,22H,3,6,8,11H2,1-2H3/t14-/m1/s1. The Morgan fingerprint density at radius 1 is 1.40 bits per heavy atom. The third-order valence-electron chi connectivity index (χ3n) is 4.25. The number of nitrogens with zero attached hydrogens (tertiary/aromatic N) is 1. The van der Waals surface area contributed by atoms with Gasteiger partial charge in [0.1, 0.15) is 0 Å². The quantitative estimate of drug-likeness (QED) is 0.815. The van der Waals surface area contributed by atoms with E-state index in [0.717, 1.165) is 12.0 Å². The van der Waals surface area contributed by atoms with Gasteiger partial charge in [-0.1, -0.05) is 6.92 Å². The first-order chi connectivity index (χ1) is 12.1. The molecule has 1 saturated heterocycles. The predicted octanol–water partition coefficient (Wildman–Crippen LogP) is 3.28. The number of rotatable bonds is 6. The Kier molecular flexibility index (Phi) is 5.55. The van der Waals surface area contributed by atoms with Crippen molar-refractivity contribution in [3.63, 3.8) is 0 Å². The van der Waals surface area contributed by atoms with Gasteiger partial charge in [-0.15, -0.1) is 0 Å². The molecule has 1 aliphatic rings.